The summed E-state index contributed by atoms with van der Waals surface area (Å²) in [5.41, 5.74) is 0. The molecule has 1 heteroatoms. The van der Waals surface area contributed by atoms with E-state index in [1.54, 1.807) is 0 Å². The summed E-state index contributed by atoms with van der Waals surface area (Å²) in [6.45, 7) is 4.59. The standard InChI is InChI=1S/C18H38.Li.H/c1-3-5-7-9-11-13-15-17-18-16-14-12-10-8-6-4-2;;/h3-18H2,1-2H3;;/q;+1;-1. The van der Waals surface area contributed by atoms with Gasteiger partial charge >= 0.3 is 18.9 Å². The van der Waals surface area contributed by atoms with Crippen LogP contribution >= 0.6 is 0 Å². The molecule has 0 unspecified atom stereocenters. The molecule has 0 aliphatic heterocycles. The Morgan fingerprint density at radius 3 is 0.684 bits per heavy atom. The van der Waals surface area contributed by atoms with Gasteiger partial charge in [0.05, 0.1) is 0 Å². The molecule has 112 valence electrons. The maximum absolute atomic E-state index is 2.29. The van der Waals surface area contributed by atoms with Crippen LogP contribution in [0.1, 0.15) is 118 Å². The van der Waals surface area contributed by atoms with Crippen LogP contribution < -0.4 is 18.9 Å². The molecule has 0 atom stereocenters. The zero-order valence-electron chi connectivity index (χ0n) is 15.3. The minimum absolute atomic E-state index is 0. The van der Waals surface area contributed by atoms with Crippen molar-refractivity contribution in [3.63, 3.8) is 0 Å². The third-order valence-corrected chi connectivity index (χ3v) is 3.96. The van der Waals surface area contributed by atoms with Crippen LogP contribution in [0.5, 0.6) is 0 Å². The molecule has 0 aromatic heterocycles. The Balaban J connectivity index is -0.00000144. The molecule has 0 spiro atoms. The predicted octanol–water partition coefficient (Wildman–Crippen LogP) is 4.38. The van der Waals surface area contributed by atoms with Gasteiger partial charge in [-0.25, -0.2) is 0 Å². The van der Waals surface area contributed by atoms with Gasteiger partial charge in [0.2, 0.25) is 0 Å². The molecular formula is C18H39Li. The molecule has 0 saturated heterocycles. The summed E-state index contributed by atoms with van der Waals surface area (Å²) in [5, 5.41) is 0. The first-order chi connectivity index (χ1) is 8.91. The first-order valence-electron chi connectivity index (χ1n) is 8.91. The molecule has 0 rings (SSSR count). The summed E-state index contributed by atoms with van der Waals surface area (Å²) >= 11 is 0. The fourth-order valence-electron chi connectivity index (χ4n) is 2.62. The fraction of sp³-hybridized carbons (Fsp3) is 1.00. The molecule has 0 saturated carbocycles. The summed E-state index contributed by atoms with van der Waals surface area (Å²) in [6, 6.07) is 0. The van der Waals surface area contributed by atoms with Gasteiger partial charge in [0.1, 0.15) is 0 Å². The molecule has 0 aromatic carbocycles. The van der Waals surface area contributed by atoms with Gasteiger partial charge in [-0.15, -0.1) is 0 Å². The minimum atomic E-state index is 0. The zero-order chi connectivity index (χ0) is 13.3. The predicted molar refractivity (Wildman–Crippen MR) is 86.3 cm³/mol. The van der Waals surface area contributed by atoms with E-state index in [0.717, 1.165) is 0 Å². The molecule has 0 heterocycles. The zero-order valence-corrected chi connectivity index (χ0v) is 14.3. The van der Waals surface area contributed by atoms with Crippen LogP contribution in [-0.2, 0) is 0 Å². The van der Waals surface area contributed by atoms with Crippen LogP contribution in [0.3, 0.4) is 0 Å². The van der Waals surface area contributed by atoms with Crippen LogP contribution in [0, 0.1) is 0 Å². The Bertz CT molecular complexity index is 123. The summed E-state index contributed by atoms with van der Waals surface area (Å²) in [5.74, 6) is 0. The Kier molecular flexibility index (Phi) is 24.1. The average molecular weight is 262 g/mol. The van der Waals surface area contributed by atoms with Gasteiger partial charge in [-0.05, 0) is 0 Å². The van der Waals surface area contributed by atoms with Gasteiger partial charge < -0.3 is 1.43 Å². The summed E-state index contributed by atoms with van der Waals surface area (Å²) in [7, 11) is 0. The van der Waals surface area contributed by atoms with E-state index >= 15 is 0 Å². The Hall–Kier alpha value is 0.597. The van der Waals surface area contributed by atoms with Crippen LogP contribution in [0.2, 0.25) is 0 Å². The van der Waals surface area contributed by atoms with Crippen LogP contribution in [0.15, 0.2) is 0 Å². The first-order valence-corrected chi connectivity index (χ1v) is 8.91. The third kappa shape index (κ3) is 21.1. The molecule has 19 heavy (non-hydrogen) atoms. The van der Waals surface area contributed by atoms with Crippen molar-refractivity contribution in [2.45, 2.75) is 117 Å². The molecule has 0 N–H and O–H groups in total. The number of unbranched alkanes of at least 4 members (excludes halogenated alkanes) is 15. The Morgan fingerprint density at radius 2 is 0.526 bits per heavy atom. The van der Waals surface area contributed by atoms with Gasteiger partial charge in [0.25, 0.3) is 0 Å². The maximum atomic E-state index is 2.29. The SMILES string of the molecule is CCCCCCCCCCCCCCCCCC.[H-].[Li+]. The van der Waals surface area contributed by atoms with E-state index in [-0.39, 0.29) is 20.3 Å². The van der Waals surface area contributed by atoms with Gasteiger partial charge in [-0.1, -0.05) is 117 Å². The molecule has 0 aliphatic carbocycles. The van der Waals surface area contributed by atoms with Gasteiger partial charge in [0, 0.05) is 0 Å². The van der Waals surface area contributed by atoms with E-state index in [1.165, 1.54) is 103 Å². The monoisotopic (exact) mass is 262 g/mol. The van der Waals surface area contributed by atoms with Crippen molar-refractivity contribution in [3.05, 3.63) is 0 Å². The van der Waals surface area contributed by atoms with Crippen molar-refractivity contribution in [1.82, 2.24) is 0 Å². The van der Waals surface area contributed by atoms with Gasteiger partial charge in [0.15, 0.2) is 0 Å². The topological polar surface area (TPSA) is 0 Å². The molecule has 0 aliphatic rings. The second kappa shape index (κ2) is 20.9. The maximum Gasteiger partial charge on any atom is 1.00 e. The van der Waals surface area contributed by atoms with Gasteiger partial charge in [-0.3, -0.25) is 0 Å². The van der Waals surface area contributed by atoms with E-state index in [1.807, 2.05) is 0 Å². The number of hydrogen-bond acceptors (Lipinski definition) is 0. The summed E-state index contributed by atoms with van der Waals surface area (Å²) < 4.78 is 0. The van der Waals surface area contributed by atoms with E-state index < -0.39 is 0 Å². The van der Waals surface area contributed by atoms with E-state index in [4.69, 9.17) is 0 Å². The molecular weight excluding hydrogens is 223 g/mol. The number of hydrogen-bond donors (Lipinski definition) is 0. The largest absolute Gasteiger partial charge is 1.00 e. The fourth-order valence-corrected chi connectivity index (χ4v) is 2.62. The molecule has 0 radical (unpaired) electrons. The molecule has 0 aromatic rings. The molecule has 0 amide bonds. The normalized spacial score (nSPS) is 10.4. The quantitative estimate of drug-likeness (QED) is 0.303. The van der Waals surface area contributed by atoms with Crippen LogP contribution in [0.25, 0.3) is 0 Å². The summed E-state index contributed by atoms with van der Waals surface area (Å²) in [4.78, 5) is 0. The molecule has 0 bridgehead atoms. The molecule has 0 fully saturated rings. The van der Waals surface area contributed by atoms with E-state index in [9.17, 15) is 0 Å². The molecule has 0 nitrogen and oxygen atoms in total. The van der Waals surface area contributed by atoms with Crippen molar-refractivity contribution < 1.29 is 20.3 Å². The Morgan fingerprint density at radius 1 is 0.368 bits per heavy atom. The second-order valence-corrected chi connectivity index (χ2v) is 5.95. The minimum Gasteiger partial charge on any atom is -1.00 e. The van der Waals surface area contributed by atoms with E-state index in [2.05, 4.69) is 13.8 Å². The average Bonchev–Trinajstić information content (AvgIpc) is 2.39. The van der Waals surface area contributed by atoms with Crippen molar-refractivity contribution in [2.75, 3.05) is 0 Å². The van der Waals surface area contributed by atoms with Crippen LogP contribution in [0.4, 0.5) is 0 Å². The smallest absolute Gasteiger partial charge is 1.00 e. The van der Waals surface area contributed by atoms with Gasteiger partial charge in [-0.2, -0.15) is 0 Å². The first kappa shape index (κ1) is 21.9. The number of rotatable bonds is 15. The Labute approximate surface area is 137 Å². The van der Waals surface area contributed by atoms with Crippen molar-refractivity contribution in [1.29, 1.82) is 0 Å². The second-order valence-electron chi connectivity index (χ2n) is 5.95. The van der Waals surface area contributed by atoms with Crippen molar-refractivity contribution in [2.24, 2.45) is 0 Å². The van der Waals surface area contributed by atoms with Crippen molar-refractivity contribution >= 4 is 0 Å². The van der Waals surface area contributed by atoms with Crippen molar-refractivity contribution in [3.8, 4) is 0 Å². The third-order valence-electron chi connectivity index (χ3n) is 3.96. The van der Waals surface area contributed by atoms with E-state index in [0.29, 0.717) is 0 Å². The van der Waals surface area contributed by atoms with Crippen LogP contribution in [-0.4, -0.2) is 0 Å². The summed E-state index contributed by atoms with van der Waals surface area (Å²) in [6.07, 6.45) is 23.4.